The molecule has 182 valence electrons. The van der Waals surface area contributed by atoms with Gasteiger partial charge in [0.15, 0.2) is 5.76 Å². The summed E-state index contributed by atoms with van der Waals surface area (Å²) in [5.74, 6) is 1.40. The zero-order valence-electron chi connectivity index (χ0n) is 22.7. The zero-order chi connectivity index (χ0) is 25.6. The standard InChI is InChI=1S/C24H27NO2.3C2H6/c1-15(2)20-8-6-7-19(13-20)14-21-9-10-22(27-21)24(26)25-23-17(4)11-16(3)12-18(23)5;3*1-2/h6-13,15H,14H2,1-5H3,(H,25,26);3*1-2H3. The number of hydrogen-bond donors (Lipinski definition) is 1. The van der Waals surface area contributed by atoms with Crippen molar-refractivity contribution < 1.29 is 9.21 Å². The summed E-state index contributed by atoms with van der Waals surface area (Å²) < 4.78 is 5.81. The van der Waals surface area contributed by atoms with Crippen molar-refractivity contribution in [2.75, 3.05) is 5.32 Å². The summed E-state index contributed by atoms with van der Waals surface area (Å²) in [6.07, 6.45) is 0.677. The van der Waals surface area contributed by atoms with Crippen molar-refractivity contribution >= 4 is 11.6 Å². The first kappa shape index (κ1) is 30.2. The molecule has 1 aromatic heterocycles. The summed E-state index contributed by atoms with van der Waals surface area (Å²) in [4.78, 5) is 12.6. The van der Waals surface area contributed by atoms with Crippen LogP contribution in [-0.4, -0.2) is 5.91 Å². The summed E-state index contributed by atoms with van der Waals surface area (Å²) in [6.45, 7) is 22.4. The number of hydrogen-bond acceptors (Lipinski definition) is 2. The average Bonchev–Trinajstić information content (AvgIpc) is 3.29. The van der Waals surface area contributed by atoms with Gasteiger partial charge in [0.1, 0.15) is 5.76 Å². The Bertz CT molecular complexity index is 944. The van der Waals surface area contributed by atoms with Crippen LogP contribution >= 0.6 is 0 Å². The lowest BCUT2D eigenvalue weighted by molar-refractivity contribution is 0.0995. The van der Waals surface area contributed by atoms with E-state index < -0.39 is 0 Å². The lowest BCUT2D eigenvalue weighted by atomic mass is 9.99. The van der Waals surface area contributed by atoms with E-state index in [-0.39, 0.29) is 5.91 Å². The van der Waals surface area contributed by atoms with Gasteiger partial charge in [-0.15, -0.1) is 0 Å². The summed E-state index contributed by atoms with van der Waals surface area (Å²) >= 11 is 0. The van der Waals surface area contributed by atoms with Gasteiger partial charge < -0.3 is 9.73 Å². The average molecular weight is 452 g/mol. The number of carbonyl (C=O) groups excluding carboxylic acids is 1. The molecule has 0 aliphatic carbocycles. The number of amides is 1. The third kappa shape index (κ3) is 9.29. The second-order valence-corrected chi connectivity index (χ2v) is 7.57. The maximum absolute atomic E-state index is 12.6. The van der Waals surface area contributed by atoms with Gasteiger partial charge in [-0.05, 0) is 61.1 Å². The quantitative estimate of drug-likeness (QED) is 0.420. The smallest absolute Gasteiger partial charge is 0.291 e. The maximum Gasteiger partial charge on any atom is 0.291 e. The van der Waals surface area contributed by atoms with Crippen LogP contribution in [0.2, 0.25) is 0 Å². The molecule has 33 heavy (non-hydrogen) atoms. The van der Waals surface area contributed by atoms with E-state index in [9.17, 15) is 4.79 Å². The van der Waals surface area contributed by atoms with Crippen molar-refractivity contribution in [2.45, 2.75) is 88.5 Å². The molecule has 3 aromatic rings. The van der Waals surface area contributed by atoms with Crippen molar-refractivity contribution in [2.24, 2.45) is 0 Å². The fourth-order valence-electron chi connectivity index (χ4n) is 3.41. The van der Waals surface area contributed by atoms with E-state index in [1.807, 2.05) is 61.5 Å². The van der Waals surface area contributed by atoms with E-state index in [4.69, 9.17) is 4.42 Å². The molecule has 0 unspecified atom stereocenters. The van der Waals surface area contributed by atoms with Gasteiger partial charge in [0.25, 0.3) is 5.91 Å². The highest BCUT2D eigenvalue weighted by molar-refractivity contribution is 6.03. The first-order valence-electron chi connectivity index (χ1n) is 12.4. The molecule has 0 aliphatic heterocycles. The van der Waals surface area contributed by atoms with Crippen LogP contribution in [0, 0.1) is 20.8 Å². The van der Waals surface area contributed by atoms with Gasteiger partial charge in [-0.25, -0.2) is 0 Å². The Morgan fingerprint density at radius 1 is 0.848 bits per heavy atom. The molecule has 2 aromatic carbocycles. The molecule has 0 atom stereocenters. The molecule has 0 aliphatic rings. The number of carbonyl (C=O) groups is 1. The number of aryl methyl sites for hydroxylation is 3. The predicted octanol–water partition coefficient (Wildman–Crippen LogP) is 9.25. The number of benzene rings is 2. The van der Waals surface area contributed by atoms with Crippen LogP contribution in [0.3, 0.4) is 0 Å². The SMILES string of the molecule is CC.CC.CC.Cc1cc(C)c(NC(=O)c2ccc(Cc3cccc(C(C)C)c3)o2)c(C)c1. The Labute approximate surface area is 202 Å². The first-order chi connectivity index (χ1) is 15.8. The first-order valence-corrected chi connectivity index (χ1v) is 12.4. The highest BCUT2D eigenvalue weighted by atomic mass is 16.3. The minimum Gasteiger partial charge on any atom is -0.456 e. The van der Waals surface area contributed by atoms with Gasteiger partial charge in [-0.3, -0.25) is 4.79 Å². The van der Waals surface area contributed by atoms with Crippen molar-refractivity contribution in [3.05, 3.63) is 87.9 Å². The van der Waals surface area contributed by atoms with Crippen molar-refractivity contribution in [1.82, 2.24) is 0 Å². The van der Waals surface area contributed by atoms with Gasteiger partial charge in [-0.1, -0.05) is 97.4 Å². The highest BCUT2D eigenvalue weighted by Gasteiger charge is 2.14. The lowest BCUT2D eigenvalue weighted by Crippen LogP contribution is -2.13. The van der Waals surface area contributed by atoms with Crippen LogP contribution in [0.1, 0.15) is 105 Å². The normalized spacial score (nSPS) is 9.58. The van der Waals surface area contributed by atoms with Crippen molar-refractivity contribution in [3.8, 4) is 0 Å². The molecule has 0 fully saturated rings. The molecular formula is C30H45NO2. The molecule has 3 nitrogen and oxygen atoms in total. The molecule has 0 radical (unpaired) electrons. The van der Waals surface area contributed by atoms with Gasteiger partial charge in [0.2, 0.25) is 0 Å². The molecule has 0 bridgehead atoms. The number of nitrogens with one attached hydrogen (secondary N) is 1. The fraction of sp³-hybridized carbons (Fsp3) is 0.433. The Morgan fingerprint density at radius 2 is 1.42 bits per heavy atom. The molecule has 0 saturated heterocycles. The Hall–Kier alpha value is -2.81. The van der Waals surface area contributed by atoms with Crippen LogP contribution < -0.4 is 5.32 Å². The van der Waals surface area contributed by atoms with Gasteiger partial charge in [0.05, 0.1) is 0 Å². The van der Waals surface area contributed by atoms with Crippen LogP contribution in [0.15, 0.2) is 52.9 Å². The second kappa shape index (κ2) is 15.9. The van der Waals surface area contributed by atoms with Crippen LogP contribution in [0.25, 0.3) is 0 Å². The van der Waals surface area contributed by atoms with Gasteiger partial charge in [-0.2, -0.15) is 0 Å². The zero-order valence-corrected chi connectivity index (χ0v) is 22.7. The van der Waals surface area contributed by atoms with E-state index in [2.05, 4.69) is 62.5 Å². The van der Waals surface area contributed by atoms with E-state index >= 15 is 0 Å². The number of rotatable bonds is 5. The molecule has 3 rings (SSSR count). The minimum atomic E-state index is -0.216. The molecule has 1 heterocycles. The molecule has 1 amide bonds. The highest BCUT2D eigenvalue weighted by Crippen LogP contribution is 2.24. The molecule has 3 heteroatoms. The van der Waals surface area contributed by atoms with Gasteiger partial charge >= 0.3 is 0 Å². The third-order valence-electron chi connectivity index (χ3n) is 4.80. The fourth-order valence-corrected chi connectivity index (χ4v) is 3.41. The second-order valence-electron chi connectivity index (χ2n) is 7.57. The van der Waals surface area contributed by atoms with E-state index in [1.54, 1.807) is 6.07 Å². The van der Waals surface area contributed by atoms with Crippen LogP contribution in [0.5, 0.6) is 0 Å². The van der Waals surface area contributed by atoms with Crippen LogP contribution in [-0.2, 0) is 6.42 Å². The van der Waals surface area contributed by atoms with E-state index in [0.29, 0.717) is 18.1 Å². The molecule has 1 N–H and O–H groups in total. The van der Waals surface area contributed by atoms with E-state index in [0.717, 1.165) is 22.6 Å². The molecule has 0 saturated carbocycles. The summed E-state index contributed by atoms with van der Waals surface area (Å²) in [5.41, 5.74) is 6.64. The third-order valence-corrected chi connectivity index (χ3v) is 4.80. The Balaban J connectivity index is 0.00000158. The molecular weight excluding hydrogens is 406 g/mol. The predicted molar refractivity (Wildman–Crippen MR) is 145 cm³/mol. The maximum atomic E-state index is 12.6. The van der Waals surface area contributed by atoms with Crippen molar-refractivity contribution in [3.63, 3.8) is 0 Å². The summed E-state index contributed by atoms with van der Waals surface area (Å²) in [5, 5.41) is 2.99. The minimum absolute atomic E-state index is 0.216. The topological polar surface area (TPSA) is 42.2 Å². The Morgan fingerprint density at radius 3 is 1.97 bits per heavy atom. The van der Waals surface area contributed by atoms with E-state index in [1.165, 1.54) is 16.7 Å². The largest absolute Gasteiger partial charge is 0.456 e. The van der Waals surface area contributed by atoms with Crippen molar-refractivity contribution in [1.29, 1.82) is 0 Å². The lowest BCUT2D eigenvalue weighted by Gasteiger charge is -2.12. The van der Waals surface area contributed by atoms with Crippen LogP contribution in [0.4, 0.5) is 5.69 Å². The summed E-state index contributed by atoms with van der Waals surface area (Å²) in [6, 6.07) is 16.3. The number of anilines is 1. The molecule has 0 spiro atoms. The van der Waals surface area contributed by atoms with Gasteiger partial charge in [0, 0.05) is 12.1 Å². The summed E-state index contributed by atoms with van der Waals surface area (Å²) in [7, 11) is 0. The number of furan rings is 1. The Kier molecular flexibility index (Phi) is 14.6. The monoisotopic (exact) mass is 451 g/mol.